The Morgan fingerprint density at radius 1 is 1.50 bits per heavy atom. The maximum atomic E-state index is 9.68. The van der Waals surface area contributed by atoms with Gasteiger partial charge < -0.3 is 10.8 Å². The van der Waals surface area contributed by atoms with Crippen LogP contribution in [0.4, 0.5) is 0 Å². The van der Waals surface area contributed by atoms with Gasteiger partial charge in [0.15, 0.2) is 0 Å². The Hall–Kier alpha value is -0.860. The Morgan fingerprint density at radius 3 is 2.58 bits per heavy atom. The molecule has 0 spiro atoms. The molecule has 0 aliphatic carbocycles. The summed E-state index contributed by atoms with van der Waals surface area (Å²) in [5.74, 6) is 0. The normalized spacial score (nSPS) is 12.8. The van der Waals surface area contributed by atoms with Gasteiger partial charge in [-0.05, 0) is 25.0 Å². The van der Waals surface area contributed by atoms with Crippen LogP contribution in [0.2, 0.25) is 0 Å². The highest BCUT2D eigenvalue weighted by atomic mass is 16.3. The number of hydrogen-bond acceptors (Lipinski definition) is 2. The van der Waals surface area contributed by atoms with Crippen LogP contribution in [-0.2, 0) is 12.1 Å². The molecule has 0 saturated heterocycles. The molecule has 0 saturated carbocycles. The van der Waals surface area contributed by atoms with Crippen molar-refractivity contribution in [3.63, 3.8) is 0 Å². The third-order valence-corrected chi connectivity index (χ3v) is 1.77. The number of aliphatic hydroxyl groups is 1. The summed E-state index contributed by atoms with van der Waals surface area (Å²) in [4.78, 5) is 0. The molecule has 0 bridgehead atoms. The van der Waals surface area contributed by atoms with Gasteiger partial charge in [-0.2, -0.15) is 0 Å². The van der Waals surface area contributed by atoms with Gasteiger partial charge >= 0.3 is 0 Å². The van der Waals surface area contributed by atoms with Crippen molar-refractivity contribution < 1.29 is 6.48 Å². The molecule has 0 unspecified atom stereocenters. The summed E-state index contributed by atoms with van der Waals surface area (Å²) in [7, 11) is 0. The Morgan fingerprint density at radius 2 is 2.17 bits per heavy atom. The van der Waals surface area contributed by atoms with E-state index < -0.39 is 5.60 Å². The highest BCUT2D eigenvalue weighted by Gasteiger charge is 2.14. The summed E-state index contributed by atoms with van der Waals surface area (Å²) >= 11 is 0. The Labute approximate surface area is 74.4 Å². The number of rotatable bonds is 2. The van der Waals surface area contributed by atoms with Crippen LogP contribution in [-0.4, -0.2) is 5.11 Å². The molecule has 12 heavy (non-hydrogen) atoms. The minimum absolute atomic E-state index is 0.343. The van der Waals surface area contributed by atoms with Crippen molar-refractivity contribution in [2.24, 2.45) is 5.73 Å². The predicted molar refractivity (Wildman–Crippen MR) is 49.6 cm³/mol. The Balaban J connectivity index is 3.13. The van der Waals surface area contributed by atoms with Gasteiger partial charge in [-0.3, -0.25) is 0 Å². The van der Waals surface area contributed by atoms with Gasteiger partial charge in [0, 0.05) is 6.54 Å². The fourth-order valence-corrected chi connectivity index (χ4v) is 0.965. The zero-order chi connectivity index (χ0) is 10.1. The molecule has 0 aliphatic heterocycles. The quantitative estimate of drug-likeness (QED) is 0.697. The second-order valence-corrected chi connectivity index (χ2v) is 3.37. The van der Waals surface area contributed by atoms with Gasteiger partial charge in [-0.1, -0.05) is 24.2 Å². The fraction of sp³-hybridized carbons (Fsp3) is 0.400. The lowest BCUT2D eigenvalue weighted by atomic mass is 9.97. The van der Waals surface area contributed by atoms with Crippen LogP contribution in [0.1, 0.15) is 26.3 Å². The molecular weight excluding hydrogens is 150 g/mol. The molecule has 0 amide bonds. The van der Waals surface area contributed by atoms with Crippen molar-refractivity contribution in [2.45, 2.75) is 26.0 Å². The number of benzene rings is 1. The van der Waals surface area contributed by atoms with Crippen molar-refractivity contribution in [3.05, 3.63) is 35.4 Å². The van der Waals surface area contributed by atoms with Crippen LogP contribution >= 0.6 is 0 Å². The smallest absolute Gasteiger partial charge is 0.0840 e. The van der Waals surface area contributed by atoms with Gasteiger partial charge in [-0.25, -0.2) is 0 Å². The lowest BCUT2D eigenvalue weighted by Gasteiger charge is -2.17. The molecular formula is C10H15NO. The largest absolute Gasteiger partial charge is 0.386 e. The molecule has 0 atom stereocenters. The molecule has 3 N–H and O–H groups in total. The number of nitrogens with two attached hydrogens (primary N) is 1. The first-order valence-electron chi connectivity index (χ1n) is 4.47. The van der Waals surface area contributed by atoms with Gasteiger partial charge in [0.2, 0.25) is 0 Å². The monoisotopic (exact) mass is 166 g/mol. The summed E-state index contributed by atoms with van der Waals surface area (Å²) < 4.78 is 7.66. The van der Waals surface area contributed by atoms with Crippen molar-refractivity contribution in [1.29, 1.82) is 0 Å². The topological polar surface area (TPSA) is 46.2 Å². The van der Waals surface area contributed by atoms with Gasteiger partial charge in [0.1, 0.15) is 0 Å². The summed E-state index contributed by atoms with van der Waals surface area (Å²) in [5, 5.41) is 9.68. The van der Waals surface area contributed by atoms with E-state index in [0.717, 1.165) is 5.56 Å². The summed E-state index contributed by atoms with van der Waals surface area (Å²) in [6, 6.07) is 5.62. The van der Waals surface area contributed by atoms with Crippen molar-refractivity contribution in [3.8, 4) is 0 Å². The zero-order valence-corrected chi connectivity index (χ0v) is 7.46. The van der Waals surface area contributed by atoms with Gasteiger partial charge in [0.05, 0.1) is 6.97 Å². The molecule has 1 aromatic carbocycles. The summed E-state index contributed by atoms with van der Waals surface area (Å²) in [6.07, 6.45) is 0. The molecule has 1 rings (SSSR count). The third-order valence-electron chi connectivity index (χ3n) is 1.77. The molecule has 2 nitrogen and oxygen atoms in total. The van der Waals surface area contributed by atoms with Crippen LogP contribution in [0.15, 0.2) is 24.2 Å². The molecule has 0 heterocycles. The van der Waals surface area contributed by atoms with Crippen LogP contribution in [0.5, 0.6) is 0 Å². The van der Waals surface area contributed by atoms with E-state index in [-0.39, 0.29) is 0 Å². The third kappa shape index (κ3) is 2.06. The average molecular weight is 166 g/mol. The molecule has 2 heteroatoms. The number of hydrogen-bond donors (Lipinski definition) is 2. The van der Waals surface area contributed by atoms with E-state index in [1.807, 2.05) is 6.07 Å². The second kappa shape index (κ2) is 3.25. The fourth-order valence-electron chi connectivity index (χ4n) is 0.965. The Kier molecular flexibility index (Phi) is 2.11. The predicted octanol–water partition coefficient (Wildman–Crippen LogP) is 1.37. The Bertz CT molecular complexity index is 304. The molecule has 0 aliphatic rings. The van der Waals surface area contributed by atoms with E-state index in [9.17, 15) is 5.11 Å². The van der Waals surface area contributed by atoms with E-state index in [2.05, 4.69) is 0 Å². The van der Waals surface area contributed by atoms with E-state index in [4.69, 9.17) is 7.10 Å². The molecule has 0 radical (unpaired) electrons. The molecule has 0 fully saturated rings. The molecule has 1 aromatic rings. The van der Waals surface area contributed by atoms with Crippen molar-refractivity contribution in [1.82, 2.24) is 0 Å². The standard InChI is InChI=1S/C10H15NO/c1-10(2,12)9-5-3-8(7-11)4-6-9/h3-6,12H,7,11H2,1-2H3/i5D. The lowest BCUT2D eigenvalue weighted by Crippen LogP contribution is -2.15. The first-order chi connectivity index (χ1) is 5.95. The first kappa shape index (κ1) is 7.77. The van der Waals surface area contributed by atoms with E-state index in [1.165, 1.54) is 0 Å². The minimum Gasteiger partial charge on any atom is -0.386 e. The first-order valence-corrected chi connectivity index (χ1v) is 3.97. The molecule has 0 aromatic heterocycles. The van der Waals surface area contributed by atoms with Crippen LogP contribution < -0.4 is 5.73 Å². The minimum atomic E-state index is -0.954. The van der Waals surface area contributed by atoms with Crippen LogP contribution in [0.25, 0.3) is 0 Å². The van der Waals surface area contributed by atoms with Crippen molar-refractivity contribution in [2.75, 3.05) is 0 Å². The molecule has 66 valence electrons. The summed E-state index contributed by atoms with van der Waals surface area (Å²) in [6.45, 7) is 3.77. The van der Waals surface area contributed by atoms with Gasteiger partial charge in [0.25, 0.3) is 0 Å². The van der Waals surface area contributed by atoms with Crippen LogP contribution in [0, 0.1) is 0 Å². The second-order valence-electron chi connectivity index (χ2n) is 3.37. The van der Waals surface area contributed by atoms with E-state index in [1.54, 1.807) is 26.0 Å². The van der Waals surface area contributed by atoms with E-state index in [0.29, 0.717) is 18.2 Å². The maximum absolute atomic E-state index is 9.68. The van der Waals surface area contributed by atoms with Crippen LogP contribution in [0.3, 0.4) is 0 Å². The highest BCUT2D eigenvalue weighted by Crippen LogP contribution is 2.19. The SMILES string of the molecule is [2H]c1cc(CN)ccc1C(C)(C)O. The van der Waals surface area contributed by atoms with Gasteiger partial charge in [-0.15, -0.1) is 0 Å². The lowest BCUT2D eigenvalue weighted by molar-refractivity contribution is 0.0786. The zero-order valence-electron chi connectivity index (χ0n) is 8.46. The van der Waals surface area contributed by atoms with Crippen molar-refractivity contribution >= 4 is 0 Å². The summed E-state index contributed by atoms with van der Waals surface area (Å²) in [5.41, 5.74) is 6.02. The maximum Gasteiger partial charge on any atom is 0.0840 e. The highest BCUT2D eigenvalue weighted by molar-refractivity contribution is 5.25. The van der Waals surface area contributed by atoms with E-state index >= 15 is 0 Å². The average Bonchev–Trinajstić information content (AvgIpc) is 2.01.